The van der Waals surface area contributed by atoms with Gasteiger partial charge in [0, 0.05) is 51.0 Å². The second kappa shape index (κ2) is 6.49. The quantitative estimate of drug-likeness (QED) is 0.730. The molecule has 10 heteroatoms. The topological polar surface area (TPSA) is 91.6 Å². The van der Waals surface area contributed by atoms with Gasteiger partial charge in [-0.2, -0.15) is 0 Å². The van der Waals surface area contributed by atoms with Crippen molar-refractivity contribution in [3.63, 3.8) is 0 Å². The lowest BCUT2D eigenvalue weighted by molar-refractivity contribution is -0.117. The van der Waals surface area contributed by atoms with Gasteiger partial charge in [-0.25, -0.2) is 9.97 Å². The van der Waals surface area contributed by atoms with Crippen LogP contribution in [0, 0.1) is 0 Å². The van der Waals surface area contributed by atoms with Gasteiger partial charge >= 0.3 is 0 Å². The maximum absolute atomic E-state index is 12.0. The van der Waals surface area contributed by atoms with Gasteiger partial charge in [0.1, 0.15) is 5.51 Å². The molecular weight excluding hydrogens is 328 g/mol. The molecule has 1 aliphatic heterocycles. The average Bonchev–Trinajstić information content (AvgIpc) is 3.26. The first-order valence-corrected chi connectivity index (χ1v) is 8.48. The summed E-state index contributed by atoms with van der Waals surface area (Å²) in [5, 5.41) is 10.8. The number of aromatic nitrogens is 5. The van der Waals surface area contributed by atoms with Gasteiger partial charge in [0.15, 0.2) is 11.5 Å². The molecule has 1 amide bonds. The molecule has 0 aromatic carbocycles. The van der Waals surface area contributed by atoms with E-state index in [0.717, 1.165) is 37.6 Å². The van der Waals surface area contributed by atoms with Crippen LogP contribution in [0.4, 0.5) is 10.9 Å². The molecule has 124 valence electrons. The Kier molecular flexibility index (Phi) is 4.05. The second-order valence-corrected chi connectivity index (χ2v) is 6.30. The van der Waals surface area contributed by atoms with Crippen LogP contribution in [0.15, 0.2) is 30.3 Å². The fourth-order valence-corrected chi connectivity index (χ4v) is 3.23. The lowest BCUT2D eigenvalue weighted by Gasteiger charge is -2.34. The second-order valence-electron chi connectivity index (χ2n) is 5.46. The van der Waals surface area contributed by atoms with E-state index in [2.05, 4.69) is 35.3 Å². The van der Waals surface area contributed by atoms with E-state index in [4.69, 9.17) is 0 Å². The number of imidazole rings is 1. The van der Waals surface area contributed by atoms with Gasteiger partial charge in [0.2, 0.25) is 11.0 Å². The van der Waals surface area contributed by atoms with Gasteiger partial charge in [0.05, 0.1) is 6.54 Å². The first kappa shape index (κ1) is 15.0. The molecule has 4 heterocycles. The lowest BCUT2D eigenvalue weighted by atomic mass is 10.3. The number of nitrogens with one attached hydrogen (secondary N) is 1. The highest BCUT2D eigenvalue weighted by atomic mass is 32.1. The summed E-state index contributed by atoms with van der Waals surface area (Å²) >= 11 is 1.31. The van der Waals surface area contributed by atoms with E-state index in [0.29, 0.717) is 11.7 Å². The van der Waals surface area contributed by atoms with Crippen LogP contribution in [0.25, 0.3) is 5.65 Å². The molecule has 3 aromatic heterocycles. The van der Waals surface area contributed by atoms with Gasteiger partial charge in [-0.05, 0) is 0 Å². The van der Waals surface area contributed by atoms with E-state index < -0.39 is 0 Å². The standard InChI is InChI=1S/C14H16N8OS/c23-11(18-14-19-17-10-24-14)9-20-5-7-22(8-6-20)13-12-15-1-3-21(12)4-2-16-13/h1-4,10H,5-9H2,(H,18,19,23). The zero-order valence-electron chi connectivity index (χ0n) is 12.9. The van der Waals surface area contributed by atoms with Crippen LogP contribution < -0.4 is 10.2 Å². The number of amides is 1. The van der Waals surface area contributed by atoms with Crippen molar-refractivity contribution in [2.24, 2.45) is 0 Å². The molecule has 0 spiro atoms. The molecule has 1 fully saturated rings. The van der Waals surface area contributed by atoms with Crippen LogP contribution in [0.2, 0.25) is 0 Å². The Bertz CT molecular complexity index is 824. The van der Waals surface area contributed by atoms with Crippen LogP contribution in [0.1, 0.15) is 0 Å². The third-order valence-corrected chi connectivity index (χ3v) is 4.54. The monoisotopic (exact) mass is 344 g/mol. The molecular formula is C14H16N8OS. The number of hydrogen-bond acceptors (Lipinski definition) is 8. The Morgan fingerprint density at radius 3 is 2.71 bits per heavy atom. The zero-order valence-corrected chi connectivity index (χ0v) is 13.7. The van der Waals surface area contributed by atoms with Gasteiger partial charge in [-0.15, -0.1) is 10.2 Å². The molecule has 0 aliphatic carbocycles. The molecule has 1 saturated heterocycles. The van der Waals surface area contributed by atoms with Gasteiger partial charge < -0.3 is 9.30 Å². The molecule has 0 radical (unpaired) electrons. The van der Waals surface area contributed by atoms with E-state index in [1.165, 1.54) is 11.3 Å². The van der Waals surface area contributed by atoms with Crippen molar-refractivity contribution >= 4 is 33.8 Å². The Morgan fingerprint density at radius 1 is 1.17 bits per heavy atom. The Morgan fingerprint density at radius 2 is 1.96 bits per heavy atom. The first-order chi connectivity index (χ1) is 11.8. The summed E-state index contributed by atoms with van der Waals surface area (Å²) in [6.45, 7) is 3.58. The van der Waals surface area contributed by atoms with Crippen molar-refractivity contribution in [3.8, 4) is 0 Å². The predicted molar refractivity (Wildman–Crippen MR) is 90.2 cm³/mol. The molecule has 9 nitrogen and oxygen atoms in total. The van der Waals surface area contributed by atoms with Crippen LogP contribution in [0.3, 0.4) is 0 Å². The zero-order chi connectivity index (χ0) is 16.4. The SMILES string of the molecule is O=C(CN1CCN(c2nccn3ccnc23)CC1)Nc1nncs1. The maximum Gasteiger partial charge on any atom is 0.240 e. The molecule has 1 N–H and O–H groups in total. The summed E-state index contributed by atoms with van der Waals surface area (Å²) in [7, 11) is 0. The highest BCUT2D eigenvalue weighted by molar-refractivity contribution is 7.13. The minimum Gasteiger partial charge on any atom is -0.351 e. The van der Waals surface area contributed by atoms with Crippen molar-refractivity contribution in [2.75, 3.05) is 42.9 Å². The number of nitrogens with zero attached hydrogens (tertiary/aromatic N) is 7. The molecule has 0 unspecified atom stereocenters. The summed E-state index contributed by atoms with van der Waals surface area (Å²) in [4.78, 5) is 25.2. The highest BCUT2D eigenvalue weighted by Gasteiger charge is 2.22. The Balaban J connectivity index is 1.35. The van der Waals surface area contributed by atoms with Crippen molar-refractivity contribution in [1.82, 2.24) is 29.5 Å². The largest absolute Gasteiger partial charge is 0.351 e. The summed E-state index contributed by atoms with van der Waals surface area (Å²) < 4.78 is 1.96. The summed E-state index contributed by atoms with van der Waals surface area (Å²) in [6.07, 6.45) is 7.36. The average molecular weight is 344 g/mol. The van der Waals surface area contributed by atoms with E-state index in [1.54, 1.807) is 17.9 Å². The van der Waals surface area contributed by atoms with Crippen LogP contribution in [-0.2, 0) is 4.79 Å². The summed E-state index contributed by atoms with van der Waals surface area (Å²) in [6, 6.07) is 0. The van der Waals surface area contributed by atoms with E-state index >= 15 is 0 Å². The van der Waals surface area contributed by atoms with Crippen molar-refractivity contribution in [1.29, 1.82) is 0 Å². The number of carbonyl (C=O) groups excluding carboxylic acids is 1. The molecule has 0 saturated carbocycles. The van der Waals surface area contributed by atoms with Crippen molar-refractivity contribution < 1.29 is 4.79 Å². The summed E-state index contributed by atoms with van der Waals surface area (Å²) in [5.74, 6) is 0.828. The number of rotatable bonds is 4. The third-order valence-electron chi connectivity index (χ3n) is 3.94. The van der Waals surface area contributed by atoms with Crippen LogP contribution in [-0.4, -0.2) is 68.1 Å². The van der Waals surface area contributed by atoms with Gasteiger partial charge in [-0.3, -0.25) is 15.0 Å². The smallest absolute Gasteiger partial charge is 0.240 e. The van der Waals surface area contributed by atoms with E-state index in [-0.39, 0.29) is 5.91 Å². The molecule has 1 aliphatic rings. The van der Waals surface area contributed by atoms with E-state index in [1.807, 2.05) is 16.8 Å². The van der Waals surface area contributed by atoms with Crippen molar-refractivity contribution in [2.45, 2.75) is 0 Å². The number of carbonyl (C=O) groups is 1. The number of hydrogen-bond donors (Lipinski definition) is 1. The molecule has 3 aromatic rings. The molecule has 0 atom stereocenters. The maximum atomic E-state index is 12.0. The van der Waals surface area contributed by atoms with Crippen LogP contribution >= 0.6 is 11.3 Å². The number of anilines is 2. The van der Waals surface area contributed by atoms with Crippen molar-refractivity contribution in [3.05, 3.63) is 30.3 Å². The minimum atomic E-state index is -0.0614. The fraction of sp³-hybridized carbons (Fsp3) is 0.357. The molecule has 4 rings (SSSR count). The fourth-order valence-electron chi connectivity index (χ4n) is 2.77. The number of piperazine rings is 1. The lowest BCUT2D eigenvalue weighted by Crippen LogP contribution is -2.49. The first-order valence-electron chi connectivity index (χ1n) is 7.60. The molecule has 0 bridgehead atoms. The third kappa shape index (κ3) is 3.05. The predicted octanol–water partition coefficient (Wildman–Crippen LogP) is 0.341. The van der Waals surface area contributed by atoms with Gasteiger partial charge in [-0.1, -0.05) is 11.3 Å². The highest BCUT2D eigenvalue weighted by Crippen LogP contribution is 2.18. The minimum absolute atomic E-state index is 0.0614. The van der Waals surface area contributed by atoms with E-state index in [9.17, 15) is 4.79 Å². The summed E-state index contributed by atoms with van der Waals surface area (Å²) in [5.41, 5.74) is 2.46. The number of fused-ring (bicyclic) bond motifs is 1. The van der Waals surface area contributed by atoms with Crippen LogP contribution in [0.5, 0.6) is 0 Å². The normalized spacial score (nSPS) is 15.8. The molecule has 24 heavy (non-hydrogen) atoms. The Labute approximate surface area is 142 Å². The van der Waals surface area contributed by atoms with Gasteiger partial charge in [0.25, 0.3) is 0 Å². The Hall–Kier alpha value is -2.59.